The van der Waals surface area contributed by atoms with E-state index < -0.39 is 5.60 Å². The van der Waals surface area contributed by atoms with Gasteiger partial charge in [0.15, 0.2) is 0 Å². The van der Waals surface area contributed by atoms with E-state index in [4.69, 9.17) is 5.73 Å². The summed E-state index contributed by atoms with van der Waals surface area (Å²) in [7, 11) is 0. The Bertz CT molecular complexity index is 277. The first-order valence-electron chi connectivity index (χ1n) is 7.81. The highest BCUT2D eigenvalue weighted by Gasteiger charge is 2.31. The van der Waals surface area contributed by atoms with Crippen LogP contribution in [0.15, 0.2) is 0 Å². The van der Waals surface area contributed by atoms with Gasteiger partial charge in [-0.2, -0.15) is 0 Å². The van der Waals surface area contributed by atoms with E-state index in [1.165, 1.54) is 19.3 Å². The molecule has 4 heteroatoms. The van der Waals surface area contributed by atoms with E-state index in [1.807, 2.05) is 0 Å². The molecule has 1 aliphatic heterocycles. The number of unbranched alkanes of at least 4 members (excludes halogenated alkanes) is 1. The van der Waals surface area contributed by atoms with Gasteiger partial charge < -0.3 is 15.7 Å². The number of carbonyl (C=O) groups is 1. The van der Waals surface area contributed by atoms with Crippen molar-refractivity contribution >= 4 is 5.91 Å². The zero-order valence-corrected chi connectivity index (χ0v) is 14.0. The van der Waals surface area contributed by atoms with E-state index in [2.05, 4.69) is 27.7 Å². The number of hydrogen-bond acceptors (Lipinski definition) is 3. The molecule has 0 aromatic heterocycles. The average Bonchev–Trinajstić information content (AvgIpc) is 2.37. The van der Waals surface area contributed by atoms with Crippen LogP contribution < -0.4 is 5.73 Å². The lowest BCUT2D eigenvalue weighted by molar-refractivity contribution is -0.132. The Morgan fingerprint density at radius 3 is 2.05 bits per heavy atom. The summed E-state index contributed by atoms with van der Waals surface area (Å²) in [5.74, 6) is 0.0778. The average molecular weight is 286 g/mol. The summed E-state index contributed by atoms with van der Waals surface area (Å²) in [4.78, 5) is 12.7. The first kappa shape index (κ1) is 19.4. The summed E-state index contributed by atoms with van der Waals surface area (Å²) in [6.45, 7) is 12.2. The normalized spacial score (nSPS) is 18.2. The maximum atomic E-state index is 10.9. The topological polar surface area (TPSA) is 66.6 Å². The molecule has 3 N–H and O–H groups in total. The van der Waals surface area contributed by atoms with Crippen LogP contribution >= 0.6 is 0 Å². The summed E-state index contributed by atoms with van der Waals surface area (Å²) in [5.41, 5.74) is 5.23. The Hall–Kier alpha value is -0.610. The number of likely N-dealkylation sites (tertiary alicyclic amines) is 1. The van der Waals surface area contributed by atoms with E-state index in [0.717, 1.165) is 0 Å². The third-order valence-electron chi connectivity index (χ3n) is 3.80. The summed E-state index contributed by atoms with van der Waals surface area (Å²) in [6, 6.07) is 0. The van der Waals surface area contributed by atoms with Gasteiger partial charge in [-0.15, -0.1) is 0 Å². The first-order valence-corrected chi connectivity index (χ1v) is 7.81. The lowest BCUT2D eigenvalue weighted by Gasteiger charge is -2.36. The molecule has 0 saturated carbocycles. The molecule has 1 rings (SSSR count). The van der Waals surface area contributed by atoms with Crippen molar-refractivity contribution in [3.05, 3.63) is 0 Å². The molecule has 20 heavy (non-hydrogen) atoms. The van der Waals surface area contributed by atoms with Crippen LogP contribution in [-0.2, 0) is 4.79 Å². The van der Waals surface area contributed by atoms with Gasteiger partial charge in [0.05, 0.1) is 5.60 Å². The highest BCUT2D eigenvalue weighted by molar-refractivity contribution is 5.73. The highest BCUT2D eigenvalue weighted by Crippen LogP contribution is 2.21. The summed E-state index contributed by atoms with van der Waals surface area (Å²) in [5, 5.41) is 9.72. The van der Waals surface area contributed by atoms with Crippen LogP contribution in [0.4, 0.5) is 0 Å². The Labute approximate surface area is 124 Å². The molecule has 0 unspecified atom stereocenters. The highest BCUT2D eigenvalue weighted by atomic mass is 16.3. The van der Waals surface area contributed by atoms with Crippen molar-refractivity contribution in [3.8, 4) is 0 Å². The lowest BCUT2D eigenvalue weighted by Crippen LogP contribution is -2.49. The van der Waals surface area contributed by atoms with Crippen LogP contribution in [0.2, 0.25) is 0 Å². The molecule has 0 aliphatic carbocycles. The van der Waals surface area contributed by atoms with Gasteiger partial charge in [-0.05, 0) is 24.7 Å². The molecular formula is C16H34N2O2. The number of hydrogen-bond donors (Lipinski definition) is 2. The fourth-order valence-corrected chi connectivity index (χ4v) is 2.15. The third kappa shape index (κ3) is 8.54. The van der Waals surface area contributed by atoms with Gasteiger partial charge in [0.2, 0.25) is 5.91 Å². The fourth-order valence-electron chi connectivity index (χ4n) is 2.15. The van der Waals surface area contributed by atoms with Crippen LogP contribution in [-0.4, -0.2) is 41.1 Å². The monoisotopic (exact) mass is 286 g/mol. The molecule has 0 bridgehead atoms. The zero-order valence-electron chi connectivity index (χ0n) is 14.0. The first-order chi connectivity index (χ1) is 9.13. The van der Waals surface area contributed by atoms with Crippen LogP contribution in [0.1, 0.15) is 66.7 Å². The third-order valence-corrected chi connectivity index (χ3v) is 3.80. The summed E-state index contributed by atoms with van der Waals surface area (Å²) in [6.07, 6.45) is 5.27. The standard InChI is InChI=1S/C8H16N2O2.C8H18/c1-7(11)10-4-2-8(12,6-9)3-5-10;1-5-6-7-8(2,3)4/h12H,2-6,9H2,1H3;5-7H2,1-4H3. The second kappa shape index (κ2) is 8.63. The molecule has 0 aromatic rings. The van der Waals surface area contributed by atoms with E-state index in [0.29, 0.717) is 37.9 Å². The SMILES string of the molecule is CC(=O)N1CCC(O)(CN)CC1.CCCCC(C)(C)C. The van der Waals surface area contributed by atoms with Gasteiger partial charge in [-0.3, -0.25) is 4.79 Å². The van der Waals surface area contributed by atoms with Gasteiger partial charge in [0.1, 0.15) is 0 Å². The summed E-state index contributed by atoms with van der Waals surface area (Å²) < 4.78 is 0. The van der Waals surface area contributed by atoms with Gasteiger partial charge in [0.25, 0.3) is 0 Å². The maximum Gasteiger partial charge on any atom is 0.219 e. The van der Waals surface area contributed by atoms with Crippen molar-refractivity contribution in [1.29, 1.82) is 0 Å². The minimum atomic E-state index is -0.730. The predicted octanol–water partition coefficient (Wildman–Crippen LogP) is 2.54. The molecule has 1 amide bonds. The smallest absolute Gasteiger partial charge is 0.219 e. The zero-order chi connectivity index (χ0) is 15.8. The minimum Gasteiger partial charge on any atom is -0.388 e. The summed E-state index contributed by atoms with van der Waals surface area (Å²) >= 11 is 0. The Morgan fingerprint density at radius 1 is 1.30 bits per heavy atom. The Kier molecular flexibility index (Phi) is 8.36. The molecule has 1 aliphatic rings. The molecule has 120 valence electrons. The van der Waals surface area contributed by atoms with E-state index >= 15 is 0 Å². The quantitative estimate of drug-likeness (QED) is 0.838. The second-order valence-corrected chi connectivity index (χ2v) is 7.10. The van der Waals surface area contributed by atoms with E-state index in [9.17, 15) is 9.90 Å². The van der Waals surface area contributed by atoms with E-state index in [1.54, 1.807) is 11.8 Å². The molecule has 1 fully saturated rings. The number of rotatable bonds is 3. The largest absolute Gasteiger partial charge is 0.388 e. The number of carbonyl (C=O) groups excluding carboxylic acids is 1. The Morgan fingerprint density at radius 2 is 1.80 bits per heavy atom. The molecule has 4 nitrogen and oxygen atoms in total. The Balaban J connectivity index is 0.000000396. The number of piperidine rings is 1. The molecule has 1 saturated heterocycles. The molecule has 0 aromatic carbocycles. The number of aliphatic hydroxyl groups is 1. The fraction of sp³-hybridized carbons (Fsp3) is 0.938. The van der Waals surface area contributed by atoms with Crippen LogP contribution in [0.3, 0.4) is 0 Å². The van der Waals surface area contributed by atoms with Crippen molar-refractivity contribution in [2.75, 3.05) is 19.6 Å². The molecule has 0 radical (unpaired) electrons. The van der Waals surface area contributed by atoms with Crippen LogP contribution in [0.25, 0.3) is 0 Å². The number of nitrogens with zero attached hydrogens (tertiary/aromatic N) is 1. The predicted molar refractivity (Wildman–Crippen MR) is 84.5 cm³/mol. The molecule has 0 spiro atoms. The van der Waals surface area contributed by atoms with Gasteiger partial charge >= 0.3 is 0 Å². The van der Waals surface area contributed by atoms with Crippen molar-refractivity contribution in [2.24, 2.45) is 11.1 Å². The van der Waals surface area contributed by atoms with E-state index in [-0.39, 0.29) is 5.91 Å². The van der Waals surface area contributed by atoms with Crippen molar-refractivity contribution < 1.29 is 9.90 Å². The van der Waals surface area contributed by atoms with Gasteiger partial charge in [0, 0.05) is 26.6 Å². The minimum absolute atomic E-state index is 0.0778. The number of amides is 1. The molecule has 0 atom stereocenters. The second-order valence-electron chi connectivity index (χ2n) is 7.10. The van der Waals surface area contributed by atoms with Crippen molar-refractivity contribution in [1.82, 2.24) is 4.90 Å². The van der Waals surface area contributed by atoms with Gasteiger partial charge in [-0.1, -0.05) is 40.5 Å². The maximum absolute atomic E-state index is 10.9. The van der Waals surface area contributed by atoms with Crippen LogP contribution in [0.5, 0.6) is 0 Å². The number of nitrogens with two attached hydrogens (primary N) is 1. The van der Waals surface area contributed by atoms with Crippen LogP contribution in [0, 0.1) is 5.41 Å². The van der Waals surface area contributed by atoms with Crippen molar-refractivity contribution in [2.45, 2.75) is 72.3 Å². The lowest BCUT2D eigenvalue weighted by atomic mass is 9.90. The van der Waals surface area contributed by atoms with Crippen molar-refractivity contribution in [3.63, 3.8) is 0 Å². The molecular weight excluding hydrogens is 252 g/mol. The molecule has 1 heterocycles. The van der Waals surface area contributed by atoms with Gasteiger partial charge in [-0.25, -0.2) is 0 Å².